The molecule has 15 nitrogen and oxygen atoms in total. The van der Waals surface area contributed by atoms with Crippen LogP contribution < -0.4 is 16.4 Å². The summed E-state index contributed by atoms with van der Waals surface area (Å²) >= 11 is 0.998. The van der Waals surface area contributed by atoms with Crippen LogP contribution in [-0.4, -0.2) is 82.5 Å². The van der Waals surface area contributed by atoms with Crippen molar-refractivity contribution in [3.05, 3.63) is 11.1 Å². The van der Waals surface area contributed by atoms with E-state index in [1.165, 1.54) is 5.38 Å². The van der Waals surface area contributed by atoms with Crippen LogP contribution in [0.5, 0.6) is 0 Å². The minimum absolute atomic E-state index is 0.00621. The minimum Gasteiger partial charge on any atom is -0.480 e. The maximum absolute atomic E-state index is 12.5. The molecule has 1 saturated heterocycles. The second kappa shape index (κ2) is 9.01. The van der Waals surface area contributed by atoms with Crippen molar-refractivity contribution in [2.45, 2.75) is 18.5 Å². The molecule has 1 aliphatic rings. The van der Waals surface area contributed by atoms with Crippen LogP contribution in [0.3, 0.4) is 0 Å². The van der Waals surface area contributed by atoms with E-state index in [2.05, 4.69) is 20.3 Å². The standard InChI is InChI=1S/C13H16N6O9S2/c1-28-18-9(5-4-29-13(14)16-5)11(23)17-10-6(2-7(20)15-3-8(21)22)19(12(10)24)30(25,26)27/h4,6,10H,2-3H2,1H3,(H2,14,16)(H,15,20)(H,17,23)(H,21,22)(H,25,26,27)/b18-9-/t6-,10-/m1/s1. The molecular formula is C13H16N6O9S2. The molecule has 0 aromatic carbocycles. The van der Waals surface area contributed by atoms with Crippen LogP contribution >= 0.6 is 11.3 Å². The number of rotatable bonds is 9. The third-order valence-corrected chi connectivity index (χ3v) is 5.32. The van der Waals surface area contributed by atoms with Crippen molar-refractivity contribution in [1.82, 2.24) is 19.9 Å². The largest absolute Gasteiger partial charge is 0.480 e. The van der Waals surface area contributed by atoms with E-state index in [4.69, 9.17) is 10.8 Å². The number of nitrogens with two attached hydrogens (primary N) is 1. The molecule has 1 aromatic heterocycles. The van der Waals surface area contributed by atoms with Crippen LogP contribution in [0.4, 0.5) is 5.13 Å². The van der Waals surface area contributed by atoms with Gasteiger partial charge in [-0.25, -0.2) is 9.29 Å². The van der Waals surface area contributed by atoms with Gasteiger partial charge in [-0.15, -0.1) is 11.3 Å². The second-order valence-electron chi connectivity index (χ2n) is 5.70. The Labute approximate surface area is 172 Å². The molecule has 164 valence electrons. The number of β-lactam (4-membered cyclic amide) rings is 1. The normalized spacial score (nSPS) is 19.1. The summed E-state index contributed by atoms with van der Waals surface area (Å²) in [6, 6.07) is -3.04. The average Bonchev–Trinajstić information content (AvgIpc) is 3.06. The fourth-order valence-electron chi connectivity index (χ4n) is 2.50. The van der Waals surface area contributed by atoms with E-state index in [9.17, 15) is 32.1 Å². The number of carbonyl (C=O) groups excluding carboxylic acids is 3. The van der Waals surface area contributed by atoms with Crippen molar-refractivity contribution < 1.29 is 42.1 Å². The quantitative estimate of drug-likeness (QED) is 0.108. The van der Waals surface area contributed by atoms with Crippen molar-refractivity contribution in [2.75, 3.05) is 19.4 Å². The smallest absolute Gasteiger partial charge is 0.362 e. The van der Waals surface area contributed by atoms with E-state index < -0.39 is 59.0 Å². The molecule has 30 heavy (non-hydrogen) atoms. The first-order chi connectivity index (χ1) is 14.0. The number of anilines is 1. The average molecular weight is 464 g/mol. The Bertz CT molecular complexity index is 1000. The molecule has 3 amide bonds. The Morgan fingerprint density at radius 1 is 1.43 bits per heavy atom. The fraction of sp³-hybridized carbons (Fsp3) is 0.385. The Morgan fingerprint density at radius 2 is 2.10 bits per heavy atom. The molecule has 0 bridgehead atoms. The summed E-state index contributed by atoms with van der Waals surface area (Å²) in [6.45, 7) is -0.752. The zero-order valence-corrected chi connectivity index (χ0v) is 16.8. The fourth-order valence-corrected chi connectivity index (χ4v) is 3.93. The molecule has 2 rings (SSSR count). The van der Waals surface area contributed by atoms with Gasteiger partial charge in [0.2, 0.25) is 5.91 Å². The molecule has 1 aliphatic heterocycles. The van der Waals surface area contributed by atoms with E-state index in [0.29, 0.717) is 0 Å². The first-order valence-electron chi connectivity index (χ1n) is 7.88. The molecule has 2 heterocycles. The number of carboxylic acid groups (broad SMARTS) is 1. The SMILES string of the molecule is CO/N=C(\C(=O)N[C@H]1C(=O)N(S(=O)(=O)O)[C@@H]1CC(=O)NCC(=O)O)c1csc(N)n1. The molecule has 0 unspecified atom stereocenters. The molecule has 6 N–H and O–H groups in total. The molecule has 2 atom stereocenters. The van der Waals surface area contributed by atoms with Gasteiger partial charge in [0.25, 0.3) is 11.8 Å². The van der Waals surface area contributed by atoms with Crippen molar-refractivity contribution >= 4 is 56.2 Å². The highest BCUT2D eigenvalue weighted by Gasteiger charge is 2.54. The Kier molecular flexibility index (Phi) is 6.90. The highest BCUT2D eigenvalue weighted by molar-refractivity contribution is 7.84. The molecule has 0 radical (unpaired) electrons. The third kappa shape index (κ3) is 5.19. The van der Waals surface area contributed by atoms with Crippen molar-refractivity contribution in [1.29, 1.82) is 0 Å². The van der Waals surface area contributed by atoms with E-state index in [-0.39, 0.29) is 20.8 Å². The lowest BCUT2D eigenvalue weighted by Gasteiger charge is -2.43. The Morgan fingerprint density at radius 3 is 2.60 bits per heavy atom. The lowest BCUT2D eigenvalue weighted by atomic mass is 9.94. The van der Waals surface area contributed by atoms with Gasteiger partial charge in [-0.05, 0) is 0 Å². The van der Waals surface area contributed by atoms with E-state index >= 15 is 0 Å². The van der Waals surface area contributed by atoms with Gasteiger partial charge < -0.3 is 26.3 Å². The summed E-state index contributed by atoms with van der Waals surface area (Å²) < 4.78 is 32.1. The first-order valence-corrected chi connectivity index (χ1v) is 10.2. The number of nitrogens with one attached hydrogen (secondary N) is 2. The number of aliphatic carboxylic acids is 1. The number of thiazole rings is 1. The minimum atomic E-state index is -5.04. The van der Waals surface area contributed by atoms with Gasteiger partial charge in [0.15, 0.2) is 10.8 Å². The van der Waals surface area contributed by atoms with Gasteiger partial charge in [0.05, 0.1) is 12.5 Å². The van der Waals surface area contributed by atoms with Crippen molar-refractivity contribution in [2.24, 2.45) is 5.16 Å². The first kappa shape index (κ1) is 23.0. The number of amides is 3. The van der Waals surface area contributed by atoms with Gasteiger partial charge in [-0.3, -0.25) is 23.7 Å². The number of hydrogen-bond acceptors (Lipinski definition) is 11. The number of nitrogens with zero attached hydrogens (tertiary/aromatic N) is 3. The van der Waals surface area contributed by atoms with E-state index in [0.717, 1.165) is 18.4 Å². The predicted octanol–water partition coefficient (Wildman–Crippen LogP) is -2.83. The molecule has 0 aliphatic carbocycles. The maximum Gasteiger partial charge on any atom is 0.362 e. The second-order valence-corrected chi connectivity index (χ2v) is 7.88. The van der Waals surface area contributed by atoms with Crippen molar-refractivity contribution in [3.8, 4) is 0 Å². The topological polar surface area (TPSA) is 231 Å². The zero-order valence-electron chi connectivity index (χ0n) is 15.1. The van der Waals surface area contributed by atoms with Crippen LogP contribution in [0.1, 0.15) is 12.1 Å². The van der Waals surface area contributed by atoms with Gasteiger partial charge >= 0.3 is 16.3 Å². The molecule has 1 aromatic rings. The summed E-state index contributed by atoms with van der Waals surface area (Å²) in [4.78, 5) is 55.5. The van der Waals surface area contributed by atoms with Crippen LogP contribution in [-0.2, 0) is 34.3 Å². The summed E-state index contributed by atoms with van der Waals surface area (Å²) in [7, 11) is -3.89. The Balaban J connectivity index is 2.21. The Hall–Kier alpha value is -3.31. The molecular weight excluding hydrogens is 448 g/mol. The van der Waals surface area contributed by atoms with E-state index in [1.54, 1.807) is 0 Å². The number of aromatic nitrogens is 1. The van der Waals surface area contributed by atoms with Crippen molar-refractivity contribution in [3.63, 3.8) is 0 Å². The predicted molar refractivity (Wildman–Crippen MR) is 99.4 cm³/mol. The van der Waals surface area contributed by atoms with E-state index in [1.807, 2.05) is 5.32 Å². The van der Waals surface area contributed by atoms with Crippen LogP contribution in [0.2, 0.25) is 0 Å². The highest BCUT2D eigenvalue weighted by Crippen LogP contribution is 2.26. The molecule has 0 spiro atoms. The van der Waals surface area contributed by atoms with Gasteiger partial charge in [-0.1, -0.05) is 5.16 Å². The summed E-state index contributed by atoms with van der Waals surface area (Å²) in [6.07, 6.45) is -0.718. The zero-order chi connectivity index (χ0) is 22.6. The third-order valence-electron chi connectivity index (χ3n) is 3.70. The van der Waals surface area contributed by atoms with Gasteiger partial charge in [-0.2, -0.15) is 8.42 Å². The lowest BCUT2D eigenvalue weighted by Crippen LogP contribution is -2.73. The van der Waals surface area contributed by atoms with Gasteiger partial charge in [0.1, 0.15) is 25.4 Å². The number of carboxylic acids is 1. The van der Waals surface area contributed by atoms with Crippen LogP contribution in [0.25, 0.3) is 0 Å². The highest BCUT2D eigenvalue weighted by atomic mass is 32.2. The summed E-state index contributed by atoms with van der Waals surface area (Å²) in [5.74, 6) is -4.49. The summed E-state index contributed by atoms with van der Waals surface area (Å²) in [5.41, 5.74) is 5.15. The summed E-state index contributed by atoms with van der Waals surface area (Å²) in [5, 5.41) is 17.8. The van der Waals surface area contributed by atoms with Gasteiger partial charge in [0, 0.05) is 5.38 Å². The molecule has 1 fully saturated rings. The van der Waals surface area contributed by atoms with Crippen LogP contribution in [0, 0.1) is 0 Å². The number of hydrogen-bond donors (Lipinski definition) is 5. The lowest BCUT2D eigenvalue weighted by molar-refractivity contribution is -0.147. The molecule has 17 heteroatoms. The molecule has 0 saturated carbocycles. The maximum atomic E-state index is 12.5. The number of nitrogen functional groups attached to an aromatic ring is 1. The monoisotopic (exact) mass is 464 g/mol. The number of oxime groups is 1. The van der Waals surface area contributed by atoms with Crippen LogP contribution in [0.15, 0.2) is 10.5 Å². The number of carbonyl (C=O) groups is 4.